The molecule has 0 fully saturated rings. The van der Waals surface area contributed by atoms with Gasteiger partial charge in [0.05, 0.1) is 0 Å². The first-order valence-corrected chi connectivity index (χ1v) is 5.25. The molecule has 0 radical (unpaired) electrons. The van der Waals surface area contributed by atoms with Crippen molar-refractivity contribution in [3.05, 3.63) is 21.1 Å². The van der Waals surface area contributed by atoms with Crippen LogP contribution in [0, 0.1) is 0 Å². The first kappa shape index (κ1) is 13.2. The molecule has 0 unspecified atom stereocenters. The predicted octanol–water partition coefficient (Wildman–Crippen LogP) is 4.08. The zero-order valence-corrected chi connectivity index (χ0v) is 10.5. The molecule has 16 heavy (non-hydrogen) atoms. The summed E-state index contributed by atoms with van der Waals surface area (Å²) in [5, 5.41) is 0. The van der Waals surface area contributed by atoms with Crippen LogP contribution in [0.1, 0.15) is 0 Å². The number of halogens is 5. The average molecular weight is 361 g/mol. The molecule has 0 aliphatic heterocycles. The summed E-state index contributed by atoms with van der Waals surface area (Å²) in [5.41, 5.74) is -0.268. The van der Waals surface area contributed by atoms with Gasteiger partial charge in [-0.05, 0) is 28.1 Å². The minimum atomic E-state index is -4.85. The second kappa shape index (κ2) is 4.99. The van der Waals surface area contributed by atoms with E-state index < -0.39 is 12.1 Å². The summed E-state index contributed by atoms with van der Waals surface area (Å²) < 4.78 is 40.3. The first-order valence-electron chi connectivity index (χ1n) is 3.66. The fourth-order valence-corrected chi connectivity index (χ4v) is 2.17. The summed E-state index contributed by atoms with van der Waals surface area (Å²) >= 11 is 5.94. The van der Waals surface area contributed by atoms with Crippen molar-refractivity contribution in [3.8, 4) is 5.75 Å². The normalized spacial score (nSPS) is 10.8. The number of aliphatic imine (C=N–C) groups is 1. The van der Waals surface area contributed by atoms with E-state index in [0.717, 1.165) is 12.1 Å². The molecule has 0 aliphatic rings. The summed E-state index contributed by atoms with van der Waals surface area (Å²) in [6.45, 7) is 0. The van der Waals surface area contributed by atoms with Crippen LogP contribution in [0.4, 0.5) is 18.9 Å². The van der Waals surface area contributed by atoms with Crippen molar-refractivity contribution >= 4 is 43.6 Å². The van der Waals surface area contributed by atoms with Gasteiger partial charge in [0.2, 0.25) is 6.08 Å². The molecule has 1 aromatic carbocycles. The number of rotatable bonds is 2. The molecule has 86 valence electrons. The number of ether oxygens (including phenoxy) is 1. The molecule has 0 aromatic heterocycles. The largest absolute Gasteiger partial charge is 0.573 e. The van der Waals surface area contributed by atoms with E-state index in [4.69, 9.17) is 0 Å². The lowest BCUT2D eigenvalue weighted by Crippen LogP contribution is -2.17. The quantitative estimate of drug-likeness (QED) is 0.588. The molecular formula is C8H2Br2F3NO2. The summed E-state index contributed by atoms with van der Waals surface area (Å²) in [7, 11) is 0. The van der Waals surface area contributed by atoms with E-state index in [0.29, 0.717) is 4.47 Å². The SMILES string of the molecule is O=C=Nc1c(Br)cc(Br)cc1OC(F)(F)F. The summed E-state index contributed by atoms with van der Waals surface area (Å²) in [4.78, 5) is 13.2. The molecule has 0 N–H and O–H groups in total. The van der Waals surface area contributed by atoms with Crippen LogP contribution in [0.3, 0.4) is 0 Å². The molecule has 0 heterocycles. The monoisotopic (exact) mass is 359 g/mol. The van der Waals surface area contributed by atoms with Crippen LogP contribution in [0.5, 0.6) is 5.75 Å². The Balaban J connectivity index is 3.29. The molecule has 0 saturated carbocycles. The van der Waals surface area contributed by atoms with Gasteiger partial charge in [-0.3, -0.25) is 0 Å². The van der Waals surface area contributed by atoms with E-state index in [1.54, 1.807) is 0 Å². The van der Waals surface area contributed by atoms with Gasteiger partial charge in [0.1, 0.15) is 5.69 Å². The number of benzene rings is 1. The van der Waals surface area contributed by atoms with Crippen LogP contribution in [0.25, 0.3) is 0 Å². The van der Waals surface area contributed by atoms with E-state index in [9.17, 15) is 18.0 Å². The Morgan fingerprint density at radius 3 is 2.44 bits per heavy atom. The fraction of sp³-hybridized carbons (Fsp3) is 0.125. The zero-order chi connectivity index (χ0) is 12.3. The number of carbonyl (C=O) groups excluding carboxylic acids is 1. The highest BCUT2D eigenvalue weighted by Crippen LogP contribution is 2.40. The lowest BCUT2D eigenvalue weighted by atomic mass is 10.3. The Morgan fingerprint density at radius 2 is 1.94 bits per heavy atom. The number of nitrogens with zero attached hydrogens (tertiary/aromatic N) is 1. The lowest BCUT2D eigenvalue weighted by Gasteiger charge is -2.11. The van der Waals surface area contributed by atoms with E-state index in [2.05, 4.69) is 41.6 Å². The topological polar surface area (TPSA) is 38.7 Å². The Morgan fingerprint density at radius 1 is 1.31 bits per heavy atom. The van der Waals surface area contributed by atoms with Gasteiger partial charge in [-0.15, -0.1) is 13.2 Å². The molecule has 0 bridgehead atoms. The highest BCUT2D eigenvalue weighted by atomic mass is 79.9. The Hall–Kier alpha value is -0.850. The number of alkyl halides is 3. The van der Waals surface area contributed by atoms with E-state index in [-0.39, 0.29) is 10.2 Å². The molecule has 0 atom stereocenters. The van der Waals surface area contributed by atoms with Crippen molar-refractivity contribution in [2.45, 2.75) is 6.36 Å². The number of isocyanates is 1. The van der Waals surface area contributed by atoms with E-state index >= 15 is 0 Å². The third-order valence-corrected chi connectivity index (χ3v) is 2.44. The minimum absolute atomic E-state index is 0.185. The van der Waals surface area contributed by atoms with Crippen molar-refractivity contribution in [2.75, 3.05) is 0 Å². The molecule has 8 heteroatoms. The van der Waals surface area contributed by atoms with E-state index in [1.165, 1.54) is 6.07 Å². The van der Waals surface area contributed by atoms with Gasteiger partial charge in [-0.1, -0.05) is 15.9 Å². The Kier molecular flexibility index (Phi) is 4.12. The highest BCUT2D eigenvalue weighted by Gasteiger charge is 2.32. The molecule has 0 amide bonds. The molecule has 0 saturated heterocycles. The van der Waals surface area contributed by atoms with Crippen molar-refractivity contribution < 1.29 is 22.7 Å². The molecular weight excluding hydrogens is 359 g/mol. The van der Waals surface area contributed by atoms with Gasteiger partial charge in [-0.2, -0.15) is 4.99 Å². The van der Waals surface area contributed by atoms with Gasteiger partial charge < -0.3 is 4.74 Å². The molecule has 0 aliphatic carbocycles. The third kappa shape index (κ3) is 3.62. The Bertz CT molecular complexity index is 455. The van der Waals surface area contributed by atoms with Crippen LogP contribution < -0.4 is 4.74 Å². The van der Waals surface area contributed by atoms with Crippen LogP contribution in [-0.2, 0) is 4.79 Å². The highest BCUT2D eigenvalue weighted by molar-refractivity contribution is 9.11. The van der Waals surface area contributed by atoms with Crippen LogP contribution in [-0.4, -0.2) is 12.4 Å². The van der Waals surface area contributed by atoms with Gasteiger partial charge in [0.25, 0.3) is 0 Å². The minimum Gasteiger partial charge on any atom is -0.403 e. The molecule has 3 nitrogen and oxygen atoms in total. The maximum Gasteiger partial charge on any atom is 0.573 e. The van der Waals surface area contributed by atoms with Gasteiger partial charge in [0, 0.05) is 8.95 Å². The zero-order valence-electron chi connectivity index (χ0n) is 7.31. The standard InChI is InChI=1S/C8H2Br2F3NO2/c9-4-1-5(10)7(14-3-15)6(2-4)16-8(11,12)13/h1-2H. The van der Waals surface area contributed by atoms with Gasteiger partial charge in [0.15, 0.2) is 5.75 Å². The maximum atomic E-state index is 12.0. The van der Waals surface area contributed by atoms with Crippen LogP contribution in [0.2, 0.25) is 0 Å². The summed E-state index contributed by atoms with van der Waals surface area (Å²) in [6.07, 6.45) is -3.70. The predicted molar refractivity (Wildman–Crippen MR) is 56.3 cm³/mol. The van der Waals surface area contributed by atoms with Crippen molar-refractivity contribution in [3.63, 3.8) is 0 Å². The molecule has 1 aromatic rings. The second-order valence-corrected chi connectivity index (χ2v) is 4.26. The van der Waals surface area contributed by atoms with Crippen LogP contribution >= 0.6 is 31.9 Å². The third-order valence-electron chi connectivity index (χ3n) is 1.38. The average Bonchev–Trinajstić information content (AvgIpc) is 2.08. The number of hydrogen-bond donors (Lipinski definition) is 0. The van der Waals surface area contributed by atoms with Crippen molar-refractivity contribution in [1.29, 1.82) is 0 Å². The Labute approximate surface area is 105 Å². The molecule has 0 spiro atoms. The lowest BCUT2D eigenvalue weighted by molar-refractivity contribution is -0.274. The van der Waals surface area contributed by atoms with Crippen molar-refractivity contribution in [1.82, 2.24) is 0 Å². The smallest absolute Gasteiger partial charge is 0.403 e. The van der Waals surface area contributed by atoms with E-state index in [1.807, 2.05) is 0 Å². The van der Waals surface area contributed by atoms with Crippen molar-refractivity contribution in [2.24, 2.45) is 4.99 Å². The van der Waals surface area contributed by atoms with Gasteiger partial charge >= 0.3 is 6.36 Å². The van der Waals surface area contributed by atoms with Gasteiger partial charge in [-0.25, -0.2) is 4.79 Å². The summed E-state index contributed by atoms with van der Waals surface area (Å²) in [6, 6.07) is 2.48. The first-order chi connectivity index (χ1) is 7.33. The molecule has 1 rings (SSSR count). The second-order valence-electron chi connectivity index (χ2n) is 2.49. The van der Waals surface area contributed by atoms with Crippen LogP contribution in [0.15, 0.2) is 26.1 Å². The fourth-order valence-electron chi connectivity index (χ4n) is 0.899. The summed E-state index contributed by atoms with van der Waals surface area (Å²) in [5.74, 6) is -0.586. The number of hydrogen-bond acceptors (Lipinski definition) is 3. The maximum absolute atomic E-state index is 12.0.